The van der Waals surface area contributed by atoms with Gasteiger partial charge in [0.15, 0.2) is 0 Å². The van der Waals surface area contributed by atoms with Gasteiger partial charge in [-0.2, -0.15) is 0 Å². The molecule has 1 N–H and O–H groups in total. The Hall–Kier alpha value is -1.65. The van der Waals surface area contributed by atoms with Gasteiger partial charge in [0, 0.05) is 40.6 Å². The van der Waals surface area contributed by atoms with Gasteiger partial charge in [-0.1, -0.05) is 30.3 Å². The van der Waals surface area contributed by atoms with E-state index in [1.165, 1.54) is 5.56 Å². The van der Waals surface area contributed by atoms with Crippen LogP contribution < -0.4 is 10.1 Å². The fourth-order valence-electron chi connectivity index (χ4n) is 2.09. The Morgan fingerprint density at radius 3 is 2.43 bits per heavy atom. The summed E-state index contributed by atoms with van der Waals surface area (Å²) in [6.45, 7) is 4.20. The molecule has 0 saturated heterocycles. The molecule has 0 amide bonds. The molecule has 0 radical (unpaired) electrons. The summed E-state index contributed by atoms with van der Waals surface area (Å²) in [4.78, 5) is 0.862. The maximum absolute atomic E-state index is 11.3. The molecule has 0 unspecified atom stereocenters. The highest BCUT2D eigenvalue weighted by Crippen LogP contribution is 2.17. The number of nitrogens with one attached hydrogen (secondary N) is 1. The Bertz CT molecular complexity index is 596. The van der Waals surface area contributed by atoms with Crippen LogP contribution in [0.1, 0.15) is 18.1 Å². The number of para-hydroxylation sites is 1. The molecule has 1 atom stereocenters. The SMILES string of the molecule is CCOc1ccccc1CNCc1ccc([S@](C)=O)cc1. The molecular formula is C17H21NO2S. The van der Waals surface area contributed by atoms with Crippen LogP contribution in [-0.4, -0.2) is 17.1 Å². The van der Waals surface area contributed by atoms with Crippen LogP contribution in [-0.2, 0) is 23.9 Å². The van der Waals surface area contributed by atoms with Gasteiger partial charge in [-0.3, -0.25) is 4.21 Å². The summed E-state index contributed by atoms with van der Waals surface area (Å²) < 4.78 is 16.9. The van der Waals surface area contributed by atoms with Crippen molar-refractivity contribution in [3.8, 4) is 5.75 Å². The average molecular weight is 303 g/mol. The van der Waals surface area contributed by atoms with E-state index in [2.05, 4.69) is 11.4 Å². The first-order chi connectivity index (χ1) is 10.2. The van der Waals surface area contributed by atoms with Crippen LogP contribution in [0.5, 0.6) is 5.75 Å². The van der Waals surface area contributed by atoms with Crippen LogP contribution >= 0.6 is 0 Å². The number of rotatable bonds is 7. The van der Waals surface area contributed by atoms with Crippen molar-refractivity contribution < 1.29 is 8.95 Å². The van der Waals surface area contributed by atoms with Crippen LogP contribution in [0.4, 0.5) is 0 Å². The van der Waals surface area contributed by atoms with Crippen molar-refractivity contribution in [3.63, 3.8) is 0 Å². The summed E-state index contributed by atoms with van der Waals surface area (Å²) in [5.74, 6) is 0.934. The fourth-order valence-corrected chi connectivity index (χ4v) is 2.61. The van der Waals surface area contributed by atoms with Crippen molar-refractivity contribution >= 4 is 10.8 Å². The van der Waals surface area contributed by atoms with E-state index in [9.17, 15) is 4.21 Å². The van der Waals surface area contributed by atoms with Gasteiger partial charge in [-0.05, 0) is 30.7 Å². The van der Waals surface area contributed by atoms with E-state index in [4.69, 9.17) is 4.74 Å². The molecule has 3 nitrogen and oxygen atoms in total. The Kier molecular flexibility index (Phi) is 5.96. The van der Waals surface area contributed by atoms with Crippen molar-refractivity contribution in [2.45, 2.75) is 24.9 Å². The summed E-state index contributed by atoms with van der Waals surface area (Å²) in [7, 11) is -0.915. The minimum absolute atomic E-state index is 0.673. The van der Waals surface area contributed by atoms with E-state index >= 15 is 0 Å². The normalized spacial score (nSPS) is 12.1. The van der Waals surface area contributed by atoms with Crippen molar-refractivity contribution in [1.82, 2.24) is 5.32 Å². The first-order valence-electron chi connectivity index (χ1n) is 7.04. The second-order valence-electron chi connectivity index (χ2n) is 4.74. The van der Waals surface area contributed by atoms with Crippen molar-refractivity contribution in [3.05, 3.63) is 59.7 Å². The average Bonchev–Trinajstić information content (AvgIpc) is 2.50. The lowest BCUT2D eigenvalue weighted by atomic mass is 10.2. The summed E-state index contributed by atoms with van der Waals surface area (Å²) >= 11 is 0. The Morgan fingerprint density at radius 2 is 1.76 bits per heavy atom. The molecular weight excluding hydrogens is 282 g/mol. The number of hydrogen-bond acceptors (Lipinski definition) is 3. The van der Waals surface area contributed by atoms with E-state index in [-0.39, 0.29) is 0 Å². The first-order valence-corrected chi connectivity index (χ1v) is 8.60. The largest absolute Gasteiger partial charge is 0.494 e. The molecule has 0 bridgehead atoms. The molecule has 0 spiro atoms. The molecule has 0 fully saturated rings. The van der Waals surface area contributed by atoms with Crippen LogP contribution in [0, 0.1) is 0 Å². The predicted octanol–water partition coefficient (Wildman–Crippen LogP) is 3.11. The maximum Gasteiger partial charge on any atom is 0.123 e. The van der Waals surface area contributed by atoms with Gasteiger partial charge in [0.2, 0.25) is 0 Å². The minimum Gasteiger partial charge on any atom is -0.494 e. The quantitative estimate of drug-likeness (QED) is 0.854. The van der Waals surface area contributed by atoms with E-state index in [0.29, 0.717) is 6.61 Å². The van der Waals surface area contributed by atoms with Gasteiger partial charge in [-0.15, -0.1) is 0 Å². The molecule has 4 heteroatoms. The Morgan fingerprint density at radius 1 is 1.05 bits per heavy atom. The topological polar surface area (TPSA) is 38.3 Å². The molecule has 112 valence electrons. The molecule has 0 aliphatic carbocycles. The van der Waals surface area contributed by atoms with E-state index in [0.717, 1.165) is 29.3 Å². The molecule has 0 aliphatic heterocycles. The lowest BCUT2D eigenvalue weighted by Crippen LogP contribution is -2.13. The lowest BCUT2D eigenvalue weighted by molar-refractivity contribution is 0.335. The first kappa shape index (κ1) is 15.7. The van der Waals surface area contributed by atoms with Crippen molar-refractivity contribution in [1.29, 1.82) is 0 Å². The van der Waals surface area contributed by atoms with Gasteiger partial charge in [-0.25, -0.2) is 0 Å². The van der Waals surface area contributed by atoms with Gasteiger partial charge >= 0.3 is 0 Å². The van der Waals surface area contributed by atoms with Gasteiger partial charge < -0.3 is 10.1 Å². The summed E-state index contributed by atoms with van der Waals surface area (Å²) in [6, 6.07) is 15.9. The molecule has 2 rings (SSSR count). The highest BCUT2D eigenvalue weighted by molar-refractivity contribution is 7.84. The van der Waals surface area contributed by atoms with E-state index in [1.807, 2.05) is 49.4 Å². The third kappa shape index (κ3) is 4.69. The molecule has 0 aliphatic rings. The van der Waals surface area contributed by atoms with E-state index < -0.39 is 10.8 Å². The maximum atomic E-state index is 11.3. The minimum atomic E-state index is -0.915. The highest BCUT2D eigenvalue weighted by Gasteiger charge is 2.02. The van der Waals surface area contributed by atoms with E-state index in [1.54, 1.807) is 6.26 Å². The second-order valence-corrected chi connectivity index (χ2v) is 6.12. The summed E-state index contributed by atoms with van der Waals surface area (Å²) in [5, 5.41) is 3.41. The highest BCUT2D eigenvalue weighted by atomic mass is 32.2. The Labute approximate surface area is 128 Å². The smallest absolute Gasteiger partial charge is 0.123 e. The number of benzene rings is 2. The monoisotopic (exact) mass is 303 g/mol. The second kappa shape index (κ2) is 7.96. The summed E-state index contributed by atoms with van der Waals surface area (Å²) in [5.41, 5.74) is 2.34. The van der Waals surface area contributed by atoms with Crippen LogP contribution in [0.25, 0.3) is 0 Å². The third-order valence-corrected chi connectivity index (χ3v) is 4.11. The predicted molar refractivity (Wildman–Crippen MR) is 86.9 cm³/mol. The molecule has 0 heterocycles. The van der Waals surface area contributed by atoms with Crippen LogP contribution in [0.2, 0.25) is 0 Å². The summed E-state index contributed by atoms with van der Waals surface area (Å²) in [6.07, 6.45) is 1.69. The Balaban J connectivity index is 1.91. The zero-order chi connectivity index (χ0) is 15.1. The zero-order valence-electron chi connectivity index (χ0n) is 12.5. The van der Waals surface area contributed by atoms with Crippen LogP contribution in [0.3, 0.4) is 0 Å². The molecule has 0 aromatic heterocycles. The molecule has 2 aromatic carbocycles. The van der Waals surface area contributed by atoms with Gasteiger partial charge in [0.05, 0.1) is 6.61 Å². The fraction of sp³-hybridized carbons (Fsp3) is 0.294. The van der Waals surface area contributed by atoms with Gasteiger partial charge in [0.25, 0.3) is 0 Å². The van der Waals surface area contributed by atoms with Crippen LogP contribution in [0.15, 0.2) is 53.4 Å². The standard InChI is InChI=1S/C17H21NO2S/c1-3-20-17-7-5-4-6-15(17)13-18-12-14-8-10-16(11-9-14)21(2)19/h4-11,18H,3,12-13H2,1-2H3/t21-/m0/s1. The molecule has 0 saturated carbocycles. The number of ether oxygens (including phenoxy) is 1. The van der Waals surface area contributed by atoms with Gasteiger partial charge in [0.1, 0.15) is 5.75 Å². The third-order valence-electron chi connectivity index (χ3n) is 3.17. The lowest BCUT2D eigenvalue weighted by Gasteiger charge is -2.11. The molecule has 21 heavy (non-hydrogen) atoms. The van der Waals surface area contributed by atoms with Crippen molar-refractivity contribution in [2.75, 3.05) is 12.9 Å². The molecule has 2 aromatic rings. The van der Waals surface area contributed by atoms with Crippen molar-refractivity contribution in [2.24, 2.45) is 0 Å². The zero-order valence-corrected chi connectivity index (χ0v) is 13.3. The number of hydrogen-bond donors (Lipinski definition) is 1.